The van der Waals surface area contributed by atoms with Crippen LogP contribution in [0, 0.1) is 6.92 Å². The van der Waals surface area contributed by atoms with E-state index in [0.717, 1.165) is 11.3 Å². The molecule has 2 nitrogen and oxygen atoms in total. The molecule has 70 valence electrons. The number of nitrogens with two attached hydrogens (primary N) is 1. The average molecular weight is 195 g/mol. The largest absolute Gasteiger partial charge is 0.493 e. The smallest absolute Gasteiger partial charge is 0.122 e. The van der Waals surface area contributed by atoms with Crippen molar-refractivity contribution in [3.8, 4) is 5.75 Å². The standard InChI is InChI=1S/C10H13NOS/c1-8-4-2-3-5-9(8)12-7-6-10(11)13/h2-5H,6-7H2,1H3,(H2,11,13). The molecular formula is C10H13NOS. The number of ether oxygens (including phenoxy) is 1. The van der Waals surface area contributed by atoms with Crippen LogP contribution in [0.25, 0.3) is 0 Å². The molecule has 0 atom stereocenters. The molecule has 13 heavy (non-hydrogen) atoms. The summed E-state index contributed by atoms with van der Waals surface area (Å²) < 4.78 is 5.48. The zero-order valence-electron chi connectivity index (χ0n) is 7.62. The molecule has 0 amide bonds. The maximum absolute atomic E-state index is 5.48. The Morgan fingerprint density at radius 1 is 1.46 bits per heavy atom. The van der Waals surface area contributed by atoms with Gasteiger partial charge in [0, 0.05) is 6.42 Å². The molecule has 0 unspecified atom stereocenters. The van der Waals surface area contributed by atoms with Gasteiger partial charge in [-0.15, -0.1) is 0 Å². The van der Waals surface area contributed by atoms with Crippen LogP contribution in [0.15, 0.2) is 24.3 Å². The molecule has 0 radical (unpaired) electrons. The van der Waals surface area contributed by atoms with E-state index in [4.69, 9.17) is 22.7 Å². The lowest BCUT2D eigenvalue weighted by Crippen LogP contribution is -2.12. The van der Waals surface area contributed by atoms with Crippen molar-refractivity contribution in [3.05, 3.63) is 29.8 Å². The Morgan fingerprint density at radius 3 is 2.77 bits per heavy atom. The zero-order valence-corrected chi connectivity index (χ0v) is 8.43. The van der Waals surface area contributed by atoms with Crippen LogP contribution in [0.3, 0.4) is 0 Å². The molecule has 0 aliphatic heterocycles. The third-order valence-corrected chi connectivity index (χ3v) is 1.90. The van der Waals surface area contributed by atoms with E-state index in [1.54, 1.807) is 0 Å². The Bertz CT molecular complexity index is 299. The van der Waals surface area contributed by atoms with Gasteiger partial charge in [-0.05, 0) is 18.6 Å². The molecule has 0 saturated heterocycles. The van der Waals surface area contributed by atoms with Crippen molar-refractivity contribution >= 4 is 17.2 Å². The van der Waals surface area contributed by atoms with Gasteiger partial charge in [0.2, 0.25) is 0 Å². The van der Waals surface area contributed by atoms with E-state index in [1.165, 1.54) is 0 Å². The third kappa shape index (κ3) is 3.42. The van der Waals surface area contributed by atoms with Crippen molar-refractivity contribution in [2.75, 3.05) is 6.61 Å². The average Bonchev–Trinajstić information content (AvgIpc) is 2.08. The van der Waals surface area contributed by atoms with Crippen LogP contribution >= 0.6 is 12.2 Å². The molecule has 0 aliphatic carbocycles. The van der Waals surface area contributed by atoms with Crippen LogP contribution in [0.1, 0.15) is 12.0 Å². The second-order valence-corrected chi connectivity index (χ2v) is 3.35. The number of benzene rings is 1. The maximum Gasteiger partial charge on any atom is 0.122 e. The van der Waals surface area contributed by atoms with Gasteiger partial charge in [-0.2, -0.15) is 0 Å². The number of aryl methyl sites for hydroxylation is 1. The molecule has 3 heteroatoms. The molecule has 1 aromatic carbocycles. The monoisotopic (exact) mass is 195 g/mol. The van der Waals surface area contributed by atoms with Crippen LogP contribution in [-0.4, -0.2) is 11.6 Å². The number of para-hydroxylation sites is 1. The van der Waals surface area contributed by atoms with Gasteiger partial charge in [0.05, 0.1) is 11.6 Å². The van der Waals surface area contributed by atoms with Crippen molar-refractivity contribution in [1.82, 2.24) is 0 Å². The highest BCUT2D eigenvalue weighted by Gasteiger charge is 1.97. The van der Waals surface area contributed by atoms with Gasteiger partial charge in [-0.25, -0.2) is 0 Å². The maximum atomic E-state index is 5.48. The fraction of sp³-hybridized carbons (Fsp3) is 0.300. The summed E-state index contributed by atoms with van der Waals surface area (Å²) in [6.45, 7) is 2.57. The summed E-state index contributed by atoms with van der Waals surface area (Å²) in [7, 11) is 0. The fourth-order valence-corrected chi connectivity index (χ4v) is 1.06. The van der Waals surface area contributed by atoms with Gasteiger partial charge in [0.15, 0.2) is 0 Å². The summed E-state index contributed by atoms with van der Waals surface area (Å²) in [5, 5.41) is 0. The molecule has 0 bridgehead atoms. The highest BCUT2D eigenvalue weighted by molar-refractivity contribution is 7.80. The summed E-state index contributed by atoms with van der Waals surface area (Å²) in [5.74, 6) is 0.902. The van der Waals surface area contributed by atoms with Crippen molar-refractivity contribution in [1.29, 1.82) is 0 Å². The number of rotatable bonds is 4. The van der Waals surface area contributed by atoms with E-state index in [2.05, 4.69) is 0 Å². The minimum atomic E-state index is 0.494. The van der Waals surface area contributed by atoms with Gasteiger partial charge in [0.1, 0.15) is 5.75 Å². The molecule has 0 fully saturated rings. The third-order valence-electron chi connectivity index (χ3n) is 1.70. The fourth-order valence-electron chi connectivity index (χ4n) is 0.980. The first-order valence-electron chi connectivity index (χ1n) is 4.17. The van der Waals surface area contributed by atoms with Gasteiger partial charge in [0.25, 0.3) is 0 Å². The molecule has 0 saturated carbocycles. The molecular weight excluding hydrogens is 182 g/mol. The Balaban J connectivity index is 2.45. The van der Waals surface area contributed by atoms with Crippen molar-refractivity contribution in [2.45, 2.75) is 13.3 Å². The van der Waals surface area contributed by atoms with Crippen LogP contribution in [0.4, 0.5) is 0 Å². The van der Waals surface area contributed by atoms with E-state index in [9.17, 15) is 0 Å². The Morgan fingerprint density at radius 2 is 2.15 bits per heavy atom. The van der Waals surface area contributed by atoms with Gasteiger partial charge < -0.3 is 10.5 Å². The Kier molecular flexibility index (Phi) is 3.71. The lowest BCUT2D eigenvalue weighted by atomic mass is 10.2. The Labute approximate surface area is 83.7 Å². The summed E-state index contributed by atoms with van der Waals surface area (Å²) in [4.78, 5) is 0.494. The molecule has 1 rings (SSSR count). The number of hydrogen-bond acceptors (Lipinski definition) is 2. The number of thiocarbonyl (C=S) groups is 1. The first kappa shape index (κ1) is 9.99. The van der Waals surface area contributed by atoms with Crippen LogP contribution < -0.4 is 10.5 Å². The second-order valence-electron chi connectivity index (χ2n) is 2.83. The van der Waals surface area contributed by atoms with Crippen molar-refractivity contribution in [2.24, 2.45) is 5.73 Å². The lowest BCUT2D eigenvalue weighted by Gasteiger charge is -2.07. The molecule has 0 heterocycles. The van der Waals surface area contributed by atoms with Crippen LogP contribution in [0.2, 0.25) is 0 Å². The second kappa shape index (κ2) is 4.82. The summed E-state index contributed by atoms with van der Waals surface area (Å²) in [6.07, 6.45) is 0.629. The van der Waals surface area contributed by atoms with Crippen molar-refractivity contribution < 1.29 is 4.74 Å². The SMILES string of the molecule is Cc1ccccc1OCCC(N)=S. The molecule has 2 N–H and O–H groups in total. The quantitative estimate of drug-likeness (QED) is 0.747. The topological polar surface area (TPSA) is 35.2 Å². The first-order valence-corrected chi connectivity index (χ1v) is 4.57. The Hall–Kier alpha value is -1.09. The number of hydrogen-bond donors (Lipinski definition) is 1. The van der Waals surface area contributed by atoms with Gasteiger partial charge in [-0.3, -0.25) is 0 Å². The van der Waals surface area contributed by atoms with Gasteiger partial charge in [-0.1, -0.05) is 30.4 Å². The minimum Gasteiger partial charge on any atom is -0.493 e. The highest BCUT2D eigenvalue weighted by atomic mass is 32.1. The van der Waals surface area contributed by atoms with Crippen molar-refractivity contribution in [3.63, 3.8) is 0 Å². The first-order chi connectivity index (χ1) is 6.20. The predicted octanol–water partition coefficient (Wildman–Crippen LogP) is 2.05. The summed E-state index contributed by atoms with van der Waals surface area (Å²) in [5.41, 5.74) is 6.48. The van der Waals surface area contributed by atoms with E-state index >= 15 is 0 Å². The highest BCUT2D eigenvalue weighted by Crippen LogP contribution is 2.15. The normalized spacial score (nSPS) is 9.62. The summed E-state index contributed by atoms with van der Waals surface area (Å²) in [6, 6.07) is 7.88. The van der Waals surface area contributed by atoms with E-state index in [0.29, 0.717) is 18.0 Å². The van der Waals surface area contributed by atoms with Crippen LogP contribution in [-0.2, 0) is 0 Å². The predicted molar refractivity (Wildman–Crippen MR) is 58.1 cm³/mol. The van der Waals surface area contributed by atoms with E-state index in [1.807, 2.05) is 31.2 Å². The van der Waals surface area contributed by atoms with E-state index in [-0.39, 0.29) is 0 Å². The molecule has 1 aromatic rings. The van der Waals surface area contributed by atoms with Gasteiger partial charge >= 0.3 is 0 Å². The summed E-state index contributed by atoms with van der Waals surface area (Å²) >= 11 is 4.74. The van der Waals surface area contributed by atoms with E-state index < -0.39 is 0 Å². The molecule has 0 aliphatic rings. The molecule has 0 spiro atoms. The lowest BCUT2D eigenvalue weighted by molar-refractivity contribution is 0.327. The minimum absolute atomic E-state index is 0.494. The molecule has 0 aromatic heterocycles. The zero-order chi connectivity index (χ0) is 9.68. The van der Waals surface area contributed by atoms with Crippen LogP contribution in [0.5, 0.6) is 5.75 Å².